The van der Waals surface area contributed by atoms with Crippen molar-refractivity contribution in [2.75, 3.05) is 6.61 Å². The largest absolute Gasteiger partial charge is 0.361 e. The van der Waals surface area contributed by atoms with Crippen LogP contribution in [0.15, 0.2) is 42.0 Å². The Morgan fingerprint density at radius 1 is 0.974 bits per heavy atom. The monoisotopic (exact) mass is 554 g/mol. The average molecular weight is 555 g/mol. The molecule has 3 fully saturated rings. The maximum atomic E-state index is 13.8. The molecule has 9 atom stereocenters. The molecule has 0 radical (unpaired) electrons. The highest BCUT2D eigenvalue weighted by Crippen LogP contribution is 2.67. The number of allylic oxidation sites excluding steroid dienone is 1. The van der Waals surface area contributed by atoms with E-state index < -0.39 is 7.60 Å². The van der Waals surface area contributed by atoms with Gasteiger partial charge in [-0.15, -0.1) is 0 Å². The summed E-state index contributed by atoms with van der Waals surface area (Å²) in [6.07, 6.45) is 16.7. The van der Waals surface area contributed by atoms with Gasteiger partial charge < -0.3 is 9.05 Å². The first-order chi connectivity index (χ1) is 18.6. The minimum Gasteiger partial charge on any atom is -0.305 e. The molecule has 1 aromatic carbocycles. The maximum Gasteiger partial charge on any atom is 0.361 e. The second kappa shape index (κ2) is 11.8. The Labute approximate surface area is 239 Å². The first kappa shape index (κ1) is 29.6. The van der Waals surface area contributed by atoms with Crippen LogP contribution < -0.4 is 5.30 Å². The molecule has 3 nitrogen and oxygen atoms in total. The van der Waals surface area contributed by atoms with E-state index in [1.54, 1.807) is 5.57 Å². The lowest BCUT2D eigenvalue weighted by Gasteiger charge is -2.58. The van der Waals surface area contributed by atoms with E-state index in [9.17, 15) is 4.57 Å². The molecule has 1 unspecified atom stereocenters. The molecule has 0 amide bonds. The van der Waals surface area contributed by atoms with Crippen molar-refractivity contribution in [3.63, 3.8) is 0 Å². The lowest BCUT2D eigenvalue weighted by molar-refractivity contribution is -0.0563. The van der Waals surface area contributed by atoms with Crippen molar-refractivity contribution in [2.24, 2.45) is 46.3 Å². The van der Waals surface area contributed by atoms with Gasteiger partial charge in [0.15, 0.2) is 0 Å². The van der Waals surface area contributed by atoms with Crippen LogP contribution in [0, 0.1) is 46.3 Å². The minimum absolute atomic E-state index is 0.0325. The highest BCUT2D eigenvalue weighted by Gasteiger charge is 2.59. The fraction of sp³-hybridized carbons (Fsp3) is 0.771. The molecule has 4 heteroatoms. The van der Waals surface area contributed by atoms with Crippen LogP contribution in [0.4, 0.5) is 0 Å². The van der Waals surface area contributed by atoms with E-state index >= 15 is 0 Å². The Morgan fingerprint density at radius 3 is 2.46 bits per heavy atom. The molecule has 1 aromatic rings. The first-order valence-electron chi connectivity index (χ1n) is 16.3. The SMILES string of the molecule is CCOP(=O)(O[C@H]1CC[C@@]2(C)C(=CC[C@H]3[C@@H]4CC[C@H]([C@H](C)CCCC(C)C)[C@@]4(C)CC[C@@H]32)C1)c1ccccc1. The highest BCUT2D eigenvalue weighted by atomic mass is 31.2. The van der Waals surface area contributed by atoms with Crippen LogP contribution in [0.1, 0.15) is 112 Å². The number of benzene rings is 1. The zero-order chi connectivity index (χ0) is 27.8. The van der Waals surface area contributed by atoms with Gasteiger partial charge >= 0.3 is 7.60 Å². The first-order valence-corrected chi connectivity index (χ1v) is 17.8. The molecule has 0 saturated heterocycles. The van der Waals surface area contributed by atoms with E-state index in [2.05, 4.69) is 40.7 Å². The molecule has 3 saturated carbocycles. The Kier molecular flexibility index (Phi) is 8.93. The quantitative estimate of drug-likeness (QED) is 0.213. The molecule has 0 aliphatic heterocycles. The van der Waals surface area contributed by atoms with E-state index in [-0.39, 0.29) is 11.5 Å². The summed E-state index contributed by atoms with van der Waals surface area (Å²) in [5, 5.41) is 0.679. The summed E-state index contributed by atoms with van der Waals surface area (Å²) in [6.45, 7) is 14.8. The van der Waals surface area contributed by atoms with E-state index in [0.29, 0.717) is 17.3 Å². The van der Waals surface area contributed by atoms with Gasteiger partial charge in [0.25, 0.3) is 0 Å². The second-order valence-electron chi connectivity index (χ2n) is 14.5. The molecule has 0 bridgehead atoms. The molecule has 0 spiro atoms. The van der Waals surface area contributed by atoms with Gasteiger partial charge in [0.1, 0.15) is 0 Å². The zero-order valence-electron chi connectivity index (χ0n) is 25.7. The van der Waals surface area contributed by atoms with Gasteiger partial charge in [0, 0.05) is 0 Å². The van der Waals surface area contributed by atoms with E-state index in [0.717, 1.165) is 54.8 Å². The topological polar surface area (TPSA) is 35.5 Å². The highest BCUT2D eigenvalue weighted by molar-refractivity contribution is 7.62. The van der Waals surface area contributed by atoms with E-state index in [1.807, 2.05) is 37.3 Å². The predicted octanol–water partition coefficient (Wildman–Crippen LogP) is 9.97. The summed E-state index contributed by atoms with van der Waals surface area (Å²) in [5.41, 5.74) is 2.38. The van der Waals surface area contributed by atoms with Gasteiger partial charge in [-0.05, 0) is 117 Å². The lowest BCUT2D eigenvalue weighted by Crippen LogP contribution is -2.51. The fourth-order valence-corrected chi connectivity index (χ4v) is 11.7. The number of rotatable bonds is 10. The van der Waals surface area contributed by atoms with Crippen molar-refractivity contribution in [1.29, 1.82) is 0 Å². The van der Waals surface area contributed by atoms with Crippen molar-refractivity contribution in [1.82, 2.24) is 0 Å². The van der Waals surface area contributed by atoms with Crippen LogP contribution in [0.25, 0.3) is 0 Å². The molecule has 218 valence electrons. The average Bonchev–Trinajstić information content (AvgIpc) is 3.26. The molecule has 0 aromatic heterocycles. The van der Waals surface area contributed by atoms with Crippen molar-refractivity contribution >= 4 is 12.9 Å². The van der Waals surface area contributed by atoms with Crippen molar-refractivity contribution in [3.05, 3.63) is 42.0 Å². The van der Waals surface area contributed by atoms with Crippen LogP contribution in [-0.4, -0.2) is 12.7 Å². The summed E-state index contributed by atoms with van der Waals surface area (Å²) in [5.74, 6) is 5.10. The summed E-state index contributed by atoms with van der Waals surface area (Å²) in [4.78, 5) is 0. The molecule has 39 heavy (non-hydrogen) atoms. The van der Waals surface area contributed by atoms with Crippen molar-refractivity contribution in [3.8, 4) is 0 Å². The summed E-state index contributed by atoms with van der Waals surface area (Å²) in [6, 6.07) is 9.55. The molecular formula is C35H55O3P. The van der Waals surface area contributed by atoms with Crippen LogP contribution >= 0.6 is 7.60 Å². The Morgan fingerprint density at radius 2 is 1.74 bits per heavy atom. The van der Waals surface area contributed by atoms with Gasteiger partial charge in [-0.2, -0.15) is 0 Å². The summed E-state index contributed by atoms with van der Waals surface area (Å²) >= 11 is 0. The number of fused-ring (bicyclic) bond motifs is 5. The van der Waals surface area contributed by atoms with E-state index in [1.165, 1.54) is 51.4 Å². The van der Waals surface area contributed by atoms with Gasteiger partial charge in [-0.1, -0.05) is 83.7 Å². The third kappa shape index (κ3) is 5.63. The van der Waals surface area contributed by atoms with Gasteiger partial charge in [-0.25, -0.2) is 0 Å². The van der Waals surface area contributed by atoms with Gasteiger partial charge in [0.2, 0.25) is 0 Å². The van der Waals surface area contributed by atoms with Gasteiger partial charge in [-0.3, -0.25) is 4.57 Å². The summed E-state index contributed by atoms with van der Waals surface area (Å²) in [7, 11) is -3.32. The van der Waals surface area contributed by atoms with E-state index in [4.69, 9.17) is 9.05 Å². The second-order valence-corrected chi connectivity index (χ2v) is 16.5. The van der Waals surface area contributed by atoms with Crippen molar-refractivity contribution < 1.29 is 13.6 Å². The smallest absolute Gasteiger partial charge is 0.305 e. The molecule has 4 aliphatic carbocycles. The third-order valence-corrected chi connectivity index (χ3v) is 14.0. The molecule has 5 rings (SSSR count). The fourth-order valence-electron chi connectivity index (χ4n) is 9.88. The maximum absolute atomic E-state index is 13.8. The Bertz CT molecular complexity index is 1050. The molecule has 0 N–H and O–H groups in total. The predicted molar refractivity (Wildman–Crippen MR) is 163 cm³/mol. The standard InChI is InChI=1S/C35H55O3P/c1-7-37-39(36,29-14-9-8-10-15-29)38-28-20-22-34(5)27(24-28)16-17-30-32-19-18-31(26(4)13-11-12-25(2)3)35(32,6)23-21-33(30)34/h8-10,14-16,25-26,28,30-33H,7,11-13,17-24H2,1-6H3/t26-,28+,30+,31-,32+,33+,34+,35-,39?/m1/s1. The lowest BCUT2D eigenvalue weighted by atomic mass is 9.47. The Balaban J connectivity index is 1.28. The molecular weight excluding hydrogens is 499 g/mol. The number of hydrogen-bond donors (Lipinski definition) is 0. The van der Waals surface area contributed by atoms with Gasteiger partial charge in [0.05, 0.1) is 18.0 Å². The normalized spacial score (nSPS) is 38.3. The molecule has 4 aliphatic rings. The van der Waals surface area contributed by atoms with Crippen LogP contribution in [0.2, 0.25) is 0 Å². The Hall–Kier alpha value is -0.890. The minimum atomic E-state index is -3.32. The van der Waals surface area contributed by atoms with Crippen LogP contribution in [0.5, 0.6) is 0 Å². The zero-order valence-corrected chi connectivity index (χ0v) is 26.6. The van der Waals surface area contributed by atoms with Crippen LogP contribution in [0.3, 0.4) is 0 Å². The molecule has 0 heterocycles. The summed E-state index contributed by atoms with van der Waals surface area (Å²) < 4.78 is 26.0. The number of hydrogen-bond acceptors (Lipinski definition) is 3. The van der Waals surface area contributed by atoms with Crippen LogP contribution in [-0.2, 0) is 13.6 Å². The van der Waals surface area contributed by atoms with Crippen molar-refractivity contribution in [2.45, 2.75) is 118 Å². The third-order valence-electron chi connectivity index (χ3n) is 11.9.